The smallest absolute Gasteiger partial charge is 0.405 e. The summed E-state index contributed by atoms with van der Waals surface area (Å²) in [4.78, 5) is 52.0. The van der Waals surface area contributed by atoms with Crippen LogP contribution in [0.2, 0.25) is 0 Å². The predicted octanol–water partition coefficient (Wildman–Crippen LogP) is 2.93. The first-order chi connectivity index (χ1) is 20.3. The molecule has 236 valence electrons. The average molecular weight is 600 g/mol. The van der Waals surface area contributed by atoms with E-state index in [4.69, 9.17) is 19.9 Å². The molecule has 1 heterocycles. The van der Waals surface area contributed by atoms with E-state index in [-0.39, 0.29) is 47.0 Å². The number of carbonyl (C=O) groups excluding carboxylic acids is 4. The van der Waals surface area contributed by atoms with Crippen molar-refractivity contribution in [1.29, 1.82) is 0 Å². The van der Waals surface area contributed by atoms with Gasteiger partial charge in [0.1, 0.15) is 6.10 Å². The van der Waals surface area contributed by atoms with Crippen LogP contribution in [0.3, 0.4) is 0 Å². The van der Waals surface area contributed by atoms with Gasteiger partial charge in [0.25, 0.3) is 5.91 Å². The Balaban J connectivity index is 2.67. The second-order valence-electron chi connectivity index (χ2n) is 11.0. The minimum Gasteiger partial charge on any atom is -0.439 e. The fourth-order valence-electron chi connectivity index (χ4n) is 5.17. The van der Waals surface area contributed by atoms with Gasteiger partial charge >= 0.3 is 6.09 Å². The highest BCUT2D eigenvalue weighted by Gasteiger charge is 2.35. The van der Waals surface area contributed by atoms with Gasteiger partial charge in [0.15, 0.2) is 6.10 Å². The highest BCUT2D eigenvalue weighted by atomic mass is 16.6. The van der Waals surface area contributed by atoms with E-state index in [1.54, 1.807) is 45.1 Å². The van der Waals surface area contributed by atoms with Gasteiger partial charge in [-0.3, -0.25) is 14.4 Å². The van der Waals surface area contributed by atoms with Crippen LogP contribution in [-0.2, 0) is 28.6 Å². The minimum atomic E-state index is -1.00. The fourth-order valence-corrected chi connectivity index (χ4v) is 5.17. The first-order valence-corrected chi connectivity index (χ1v) is 14.2. The number of aliphatic hydroxyl groups is 1. The van der Waals surface area contributed by atoms with Gasteiger partial charge in [-0.1, -0.05) is 44.2 Å². The van der Waals surface area contributed by atoms with Gasteiger partial charge in [0.2, 0.25) is 11.6 Å². The molecule has 2 amide bonds. The number of hydrogen-bond acceptors (Lipinski definition) is 9. The molecule has 6 atom stereocenters. The van der Waals surface area contributed by atoms with Gasteiger partial charge in [-0.15, -0.1) is 6.58 Å². The lowest BCUT2D eigenvalue weighted by molar-refractivity contribution is -0.120. The number of nitrogens with one attached hydrogen (secondary N) is 2. The van der Waals surface area contributed by atoms with Crippen molar-refractivity contribution in [1.82, 2.24) is 10.6 Å². The van der Waals surface area contributed by atoms with E-state index >= 15 is 0 Å². The lowest BCUT2D eigenvalue weighted by Crippen LogP contribution is -2.39. The summed E-state index contributed by atoms with van der Waals surface area (Å²) in [7, 11) is 2.92. The number of fused-ring (bicyclic) bond motifs is 2. The van der Waals surface area contributed by atoms with Crippen LogP contribution in [0, 0.1) is 11.8 Å². The van der Waals surface area contributed by atoms with E-state index in [1.165, 1.54) is 27.2 Å². The van der Waals surface area contributed by atoms with Crippen LogP contribution in [0.25, 0.3) is 0 Å². The Morgan fingerprint density at radius 1 is 1.16 bits per heavy atom. The lowest BCUT2D eigenvalue weighted by atomic mass is 9.83. The summed E-state index contributed by atoms with van der Waals surface area (Å²) in [5.74, 6) is -2.08. The topological polar surface area (TPSA) is 166 Å². The largest absolute Gasteiger partial charge is 0.439 e. The number of hydrogen-bond donors (Lipinski definition) is 4. The van der Waals surface area contributed by atoms with E-state index in [2.05, 4.69) is 17.2 Å². The van der Waals surface area contributed by atoms with Crippen molar-refractivity contribution in [3.63, 3.8) is 0 Å². The molecule has 2 aliphatic rings. The Labute approximate surface area is 253 Å². The summed E-state index contributed by atoms with van der Waals surface area (Å²) >= 11 is 0. The Hall–Kier alpha value is -3.80. The first kappa shape index (κ1) is 35.4. The molecule has 2 rings (SSSR count). The van der Waals surface area contributed by atoms with Crippen LogP contribution in [-0.4, -0.2) is 73.9 Å². The third-order valence-electron chi connectivity index (χ3n) is 7.61. The van der Waals surface area contributed by atoms with Crippen LogP contribution >= 0.6 is 0 Å². The molecule has 0 unspecified atom stereocenters. The molecule has 0 spiro atoms. The number of carbonyl (C=O) groups is 4. The molecule has 0 fully saturated rings. The van der Waals surface area contributed by atoms with Crippen molar-refractivity contribution in [2.24, 2.45) is 17.6 Å². The third-order valence-corrected chi connectivity index (χ3v) is 7.61. The number of aliphatic hydroxyl groups excluding tert-OH is 1. The average Bonchev–Trinajstić information content (AvgIpc) is 2.96. The van der Waals surface area contributed by atoms with Crippen molar-refractivity contribution < 1.29 is 38.5 Å². The number of Topliss-reactive ketones (excluding diaryl/α,β-unsaturated/α-hetero) is 2. The molecule has 0 saturated heterocycles. The number of ether oxygens (including phenoxy) is 3. The van der Waals surface area contributed by atoms with Crippen LogP contribution < -0.4 is 16.4 Å². The van der Waals surface area contributed by atoms with E-state index < -0.39 is 53.9 Å². The van der Waals surface area contributed by atoms with Crippen LogP contribution in [0.1, 0.15) is 47.5 Å². The van der Waals surface area contributed by atoms with Crippen molar-refractivity contribution in [2.75, 3.05) is 20.8 Å². The molecule has 11 heteroatoms. The number of nitrogens with two attached hydrogens (primary N) is 1. The summed E-state index contributed by atoms with van der Waals surface area (Å²) < 4.78 is 16.6. The van der Waals surface area contributed by atoms with Gasteiger partial charge < -0.3 is 35.7 Å². The summed E-state index contributed by atoms with van der Waals surface area (Å²) in [5.41, 5.74) is 6.62. The van der Waals surface area contributed by atoms with Gasteiger partial charge in [0.05, 0.1) is 23.6 Å². The Morgan fingerprint density at radius 2 is 1.84 bits per heavy atom. The lowest BCUT2D eigenvalue weighted by Gasteiger charge is -2.30. The second-order valence-corrected chi connectivity index (χ2v) is 11.0. The quantitative estimate of drug-likeness (QED) is 0.265. The van der Waals surface area contributed by atoms with E-state index in [1.807, 2.05) is 6.92 Å². The maximum absolute atomic E-state index is 13.8. The zero-order chi connectivity index (χ0) is 32.4. The van der Waals surface area contributed by atoms with Crippen LogP contribution in [0.15, 0.2) is 70.6 Å². The van der Waals surface area contributed by atoms with Crippen molar-refractivity contribution in [2.45, 2.75) is 71.9 Å². The fraction of sp³-hybridized carbons (Fsp3) is 0.500. The molecule has 1 aliphatic heterocycles. The monoisotopic (exact) mass is 599 g/mol. The third kappa shape index (κ3) is 9.09. The summed E-state index contributed by atoms with van der Waals surface area (Å²) in [5, 5.41) is 16.9. The van der Waals surface area contributed by atoms with E-state index in [9.17, 15) is 24.3 Å². The molecular formula is C32H45N3O8. The minimum absolute atomic E-state index is 0.0857. The van der Waals surface area contributed by atoms with Crippen LogP contribution in [0.4, 0.5) is 4.79 Å². The highest BCUT2D eigenvalue weighted by molar-refractivity contribution is 6.25. The van der Waals surface area contributed by atoms with Crippen LogP contribution in [0.5, 0.6) is 0 Å². The van der Waals surface area contributed by atoms with Gasteiger partial charge in [-0.2, -0.15) is 0 Å². The zero-order valence-electron chi connectivity index (χ0n) is 26.1. The second kappa shape index (κ2) is 16.2. The number of primary amides is 1. The Morgan fingerprint density at radius 3 is 2.42 bits per heavy atom. The van der Waals surface area contributed by atoms with Crippen molar-refractivity contribution >= 4 is 23.6 Å². The number of methoxy groups -OCH3 is 2. The number of allylic oxidation sites excluding steroid dienone is 4. The normalized spacial score (nSPS) is 31.4. The molecule has 0 aromatic heterocycles. The van der Waals surface area contributed by atoms with E-state index in [0.29, 0.717) is 12.0 Å². The molecule has 43 heavy (non-hydrogen) atoms. The standard InChI is InChI=1S/C32H45N3O8/c1-9-13-34-26-22-14-17(2)15-24(42-8)27(36)19(4)16-20(5)30(43-32(33)40)23(41-7)12-10-11-18(3)31(39)35-25(29(22)38)21(6)28(26)37/h9-12,16-17,19,23-24,27,30,34,36H,1,13-15H2,2-8H3,(H2,33,40)(H,35,39)/b12-10-,18-11+,20-16+/t17-,19+,23+,24+,27-,30+/m1/s1. The van der Waals surface area contributed by atoms with Crippen molar-refractivity contribution in [3.8, 4) is 0 Å². The molecule has 5 N–H and O–H groups in total. The van der Waals surface area contributed by atoms with Gasteiger partial charge in [0, 0.05) is 43.4 Å². The zero-order valence-corrected chi connectivity index (χ0v) is 26.1. The molecule has 0 saturated carbocycles. The molecular weight excluding hydrogens is 554 g/mol. The van der Waals surface area contributed by atoms with E-state index in [0.717, 1.165) is 0 Å². The number of amides is 2. The number of ketones is 2. The first-order valence-electron chi connectivity index (χ1n) is 14.2. The Bertz CT molecular complexity index is 1260. The maximum atomic E-state index is 13.8. The summed E-state index contributed by atoms with van der Waals surface area (Å²) in [6, 6.07) is 0. The highest BCUT2D eigenvalue weighted by Crippen LogP contribution is 2.30. The molecule has 0 aromatic rings. The molecule has 0 radical (unpaired) electrons. The summed E-state index contributed by atoms with van der Waals surface area (Å²) in [6.45, 7) is 12.4. The molecule has 11 nitrogen and oxygen atoms in total. The van der Waals surface area contributed by atoms with Crippen molar-refractivity contribution in [3.05, 3.63) is 70.6 Å². The maximum Gasteiger partial charge on any atom is 0.405 e. The predicted molar refractivity (Wildman–Crippen MR) is 162 cm³/mol. The number of rotatable bonds is 6. The summed E-state index contributed by atoms with van der Waals surface area (Å²) in [6.07, 6.45) is 4.25. The van der Waals surface area contributed by atoms with Gasteiger partial charge in [-0.05, 0) is 45.1 Å². The molecule has 1 aliphatic carbocycles. The van der Waals surface area contributed by atoms with Gasteiger partial charge in [-0.25, -0.2) is 4.79 Å². The molecule has 0 aromatic carbocycles. The SMILES string of the molecule is C=CCNC1=C2C[C@@H](C)C[C@H](OC)[C@H](O)[C@@H](C)/C=C(\C)[C@H](OC(N)=O)[C@@H](OC)/C=C\C=C(/C)C(=O)NC(=C(C)C1=O)C2=O. The molecule has 2 bridgehead atoms. The Kier molecular flexibility index (Phi) is 13.3.